The molecule has 0 unspecified atom stereocenters. The molecule has 1 rings (SSSR count). The van der Waals surface area contributed by atoms with Gasteiger partial charge in [-0.15, -0.1) is 0 Å². The lowest BCUT2D eigenvalue weighted by Crippen LogP contribution is -2.45. The average Bonchev–Trinajstić information content (AvgIpc) is 2.26. The molecule has 3 N–H and O–H groups in total. The van der Waals surface area contributed by atoms with E-state index in [1.54, 1.807) is 6.20 Å². The Morgan fingerprint density at radius 2 is 2.11 bits per heavy atom. The average molecular weight is 265 g/mol. The van der Waals surface area contributed by atoms with E-state index in [0.29, 0.717) is 12.2 Å². The molecule has 5 nitrogen and oxygen atoms in total. The molecule has 0 atom stereocenters. The van der Waals surface area contributed by atoms with Crippen LogP contribution in [0.3, 0.4) is 0 Å². The maximum absolute atomic E-state index is 11.2. The molecule has 0 aliphatic heterocycles. The van der Waals surface area contributed by atoms with Crippen LogP contribution in [0, 0.1) is 6.92 Å². The van der Waals surface area contributed by atoms with Crippen molar-refractivity contribution in [2.75, 3.05) is 12.3 Å². The zero-order chi connectivity index (χ0) is 14.6. The van der Waals surface area contributed by atoms with Crippen LogP contribution in [0.4, 0.5) is 10.5 Å². The van der Waals surface area contributed by atoms with Gasteiger partial charge in [0.25, 0.3) is 0 Å². The Labute approximate surface area is 114 Å². The second-order valence-electron chi connectivity index (χ2n) is 5.73. The summed E-state index contributed by atoms with van der Waals surface area (Å²) in [6.07, 6.45) is 2.45. The van der Waals surface area contributed by atoms with Crippen LogP contribution in [-0.4, -0.2) is 33.2 Å². The predicted molar refractivity (Wildman–Crippen MR) is 76.2 cm³/mol. The highest BCUT2D eigenvalue weighted by molar-refractivity contribution is 5.65. The lowest BCUT2D eigenvalue weighted by atomic mass is 10.1. The topological polar surface area (TPSA) is 79.5 Å². The molecule has 0 saturated heterocycles. The highest BCUT2D eigenvalue weighted by Gasteiger charge is 2.25. The first-order valence-corrected chi connectivity index (χ1v) is 6.43. The summed E-state index contributed by atoms with van der Waals surface area (Å²) in [5.74, 6) is 0. The minimum absolute atomic E-state index is 0.379. The summed E-state index contributed by atoms with van der Waals surface area (Å²) < 4.78 is 0. The Morgan fingerprint density at radius 1 is 1.47 bits per heavy atom. The quantitative estimate of drug-likeness (QED) is 0.877. The van der Waals surface area contributed by atoms with E-state index >= 15 is 0 Å². The fourth-order valence-electron chi connectivity index (χ4n) is 1.89. The van der Waals surface area contributed by atoms with Crippen LogP contribution in [-0.2, 0) is 6.42 Å². The number of rotatable bonds is 4. The highest BCUT2D eigenvalue weighted by Crippen LogP contribution is 2.16. The number of pyridine rings is 1. The van der Waals surface area contributed by atoms with Gasteiger partial charge in [-0.2, -0.15) is 0 Å². The van der Waals surface area contributed by atoms with Crippen molar-refractivity contribution in [3.8, 4) is 0 Å². The summed E-state index contributed by atoms with van der Waals surface area (Å²) in [7, 11) is 0. The Bertz CT molecular complexity index is 452. The van der Waals surface area contributed by atoms with Gasteiger partial charge in [-0.1, -0.05) is 0 Å². The molecule has 0 aliphatic carbocycles. The normalized spacial score (nSPS) is 11.4. The monoisotopic (exact) mass is 265 g/mol. The molecule has 0 fully saturated rings. The van der Waals surface area contributed by atoms with Crippen molar-refractivity contribution in [3.05, 3.63) is 23.5 Å². The van der Waals surface area contributed by atoms with Crippen LogP contribution in [0.5, 0.6) is 0 Å². The number of hydrogen-bond acceptors (Lipinski definition) is 3. The van der Waals surface area contributed by atoms with Gasteiger partial charge < -0.3 is 15.7 Å². The van der Waals surface area contributed by atoms with Gasteiger partial charge in [-0.3, -0.25) is 4.98 Å². The molecule has 1 heterocycles. The summed E-state index contributed by atoms with van der Waals surface area (Å²) >= 11 is 0. The smallest absolute Gasteiger partial charge is 0.407 e. The molecule has 0 saturated carbocycles. The van der Waals surface area contributed by atoms with E-state index in [-0.39, 0.29) is 5.54 Å². The van der Waals surface area contributed by atoms with Crippen molar-refractivity contribution < 1.29 is 9.90 Å². The van der Waals surface area contributed by atoms with E-state index < -0.39 is 6.09 Å². The first kappa shape index (κ1) is 15.3. The van der Waals surface area contributed by atoms with Gasteiger partial charge in [-0.25, -0.2) is 4.79 Å². The largest absolute Gasteiger partial charge is 0.465 e. The molecular formula is C14H23N3O2. The molecule has 1 aromatic heterocycles. The van der Waals surface area contributed by atoms with Crippen molar-refractivity contribution in [1.29, 1.82) is 0 Å². The number of carbonyl (C=O) groups is 1. The highest BCUT2D eigenvalue weighted by atomic mass is 16.4. The first-order valence-electron chi connectivity index (χ1n) is 6.43. The van der Waals surface area contributed by atoms with Gasteiger partial charge in [0.05, 0.1) is 11.4 Å². The molecule has 1 aromatic rings. The van der Waals surface area contributed by atoms with Gasteiger partial charge in [0.2, 0.25) is 0 Å². The third-order valence-electron chi connectivity index (χ3n) is 3.07. The van der Waals surface area contributed by atoms with E-state index in [2.05, 4.69) is 4.98 Å². The second-order valence-corrected chi connectivity index (χ2v) is 5.73. The van der Waals surface area contributed by atoms with Gasteiger partial charge in [0.1, 0.15) is 0 Å². The number of hydrogen-bond donors (Lipinski definition) is 2. The van der Waals surface area contributed by atoms with Gasteiger partial charge >= 0.3 is 6.09 Å². The zero-order valence-electron chi connectivity index (χ0n) is 12.1. The third kappa shape index (κ3) is 4.43. The summed E-state index contributed by atoms with van der Waals surface area (Å²) in [5, 5.41) is 9.18. The minimum atomic E-state index is -0.881. The molecule has 1 amide bonds. The van der Waals surface area contributed by atoms with Crippen LogP contribution in [0.2, 0.25) is 0 Å². The number of aromatic nitrogens is 1. The maximum Gasteiger partial charge on any atom is 0.407 e. The van der Waals surface area contributed by atoms with Crippen molar-refractivity contribution in [2.45, 2.75) is 46.1 Å². The molecule has 5 heteroatoms. The zero-order valence-corrected chi connectivity index (χ0v) is 12.1. The molecule has 0 aliphatic rings. The van der Waals surface area contributed by atoms with Crippen molar-refractivity contribution >= 4 is 11.8 Å². The maximum atomic E-state index is 11.2. The van der Waals surface area contributed by atoms with E-state index in [4.69, 9.17) is 5.73 Å². The molecule has 0 aromatic carbocycles. The second kappa shape index (κ2) is 5.91. The lowest BCUT2D eigenvalue weighted by Gasteiger charge is -2.33. The third-order valence-corrected chi connectivity index (χ3v) is 3.07. The summed E-state index contributed by atoms with van der Waals surface area (Å²) in [4.78, 5) is 16.8. The van der Waals surface area contributed by atoms with Gasteiger partial charge in [0, 0.05) is 18.3 Å². The summed E-state index contributed by atoms with van der Waals surface area (Å²) in [6, 6.07) is 1.91. The number of anilines is 1. The molecule has 0 spiro atoms. The number of nitrogens with zero attached hydrogens (tertiary/aromatic N) is 2. The Kier molecular flexibility index (Phi) is 4.75. The lowest BCUT2D eigenvalue weighted by molar-refractivity contribution is 0.0996. The standard InChI is InChI=1S/C14H23N3O2/c1-10-12(15)8-11(9-16-10)6-5-7-17(13(18)19)14(2,3)4/h8-9H,5-7,15H2,1-4H3,(H,18,19). The van der Waals surface area contributed by atoms with E-state index in [1.165, 1.54) is 4.90 Å². The molecule has 0 radical (unpaired) electrons. The van der Waals surface area contributed by atoms with E-state index in [9.17, 15) is 9.90 Å². The van der Waals surface area contributed by atoms with Crippen LogP contribution in [0.25, 0.3) is 0 Å². The molecule has 0 bridgehead atoms. The summed E-state index contributed by atoms with van der Waals surface area (Å²) in [6.45, 7) is 8.06. The van der Waals surface area contributed by atoms with Gasteiger partial charge in [0.15, 0.2) is 0 Å². The Balaban J connectivity index is 2.57. The number of aryl methyl sites for hydroxylation is 2. The van der Waals surface area contributed by atoms with Crippen molar-refractivity contribution in [2.24, 2.45) is 0 Å². The van der Waals surface area contributed by atoms with Gasteiger partial charge in [-0.05, 0) is 52.2 Å². The fraction of sp³-hybridized carbons (Fsp3) is 0.571. The van der Waals surface area contributed by atoms with Crippen molar-refractivity contribution in [1.82, 2.24) is 9.88 Å². The predicted octanol–water partition coefficient (Wildman–Crippen LogP) is 2.68. The van der Waals surface area contributed by atoms with E-state index in [0.717, 1.165) is 24.1 Å². The molecule has 19 heavy (non-hydrogen) atoms. The van der Waals surface area contributed by atoms with Crippen LogP contribution in [0.1, 0.15) is 38.4 Å². The van der Waals surface area contributed by atoms with Crippen LogP contribution >= 0.6 is 0 Å². The Morgan fingerprint density at radius 3 is 2.58 bits per heavy atom. The number of nitrogens with two attached hydrogens (primary N) is 1. The van der Waals surface area contributed by atoms with E-state index in [1.807, 2.05) is 33.8 Å². The Hall–Kier alpha value is -1.78. The number of carboxylic acid groups (broad SMARTS) is 1. The van der Waals surface area contributed by atoms with Crippen molar-refractivity contribution in [3.63, 3.8) is 0 Å². The molecular weight excluding hydrogens is 242 g/mol. The number of amides is 1. The minimum Gasteiger partial charge on any atom is -0.465 e. The van der Waals surface area contributed by atoms with Crippen LogP contribution < -0.4 is 5.73 Å². The SMILES string of the molecule is Cc1ncc(CCCN(C(=O)O)C(C)(C)C)cc1N. The fourth-order valence-corrected chi connectivity index (χ4v) is 1.89. The van der Waals surface area contributed by atoms with Crippen LogP contribution in [0.15, 0.2) is 12.3 Å². The number of nitrogen functional groups attached to an aromatic ring is 1. The first-order chi connectivity index (χ1) is 8.71. The summed E-state index contributed by atoms with van der Waals surface area (Å²) in [5.41, 5.74) is 7.98. The molecule has 106 valence electrons.